The standard InChI is InChI=1S/C18H13F3N6O5S3/c19-18(20,21)16-23-3-7(35-16)2-1-6-4-33-14-10(13(29)27(14)11(6)15(30)31)25-12(28)9(26-32)8-5-34-17(22)24-8/h1-3,5,10,14,32H,4H2,(H2,22,24)(H,25,28)(H,30,31)/t10?,14-/m1/s1. The molecule has 17 heteroatoms. The van der Waals surface area contributed by atoms with Crippen molar-refractivity contribution in [2.75, 3.05) is 11.5 Å². The lowest BCUT2D eigenvalue weighted by Crippen LogP contribution is -2.71. The predicted octanol–water partition coefficient (Wildman–Crippen LogP) is 1.83. The maximum absolute atomic E-state index is 12.7. The van der Waals surface area contributed by atoms with Gasteiger partial charge in [0.1, 0.15) is 22.8 Å². The number of allylic oxidation sites excluding steroid dienone is 1. The van der Waals surface area contributed by atoms with E-state index in [4.69, 9.17) is 5.73 Å². The number of hydrogen-bond acceptors (Lipinski definition) is 11. The summed E-state index contributed by atoms with van der Waals surface area (Å²) in [4.78, 5) is 45.5. The van der Waals surface area contributed by atoms with E-state index < -0.39 is 46.1 Å². The number of oxime groups is 1. The van der Waals surface area contributed by atoms with Gasteiger partial charge in [0.05, 0.1) is 0 Å². The summed E-state index contributed by atoms with van der Waals surface area (Å²) in [5.41, 5.74) is 4.91. The van der Waals surface area contributed by atoms with E-state index in [-0.39, 0.29) is 32.7 Å². The number of carboxylic acid groups (broad SMARTS) is 1. The van der Waals surface area contributed by atoms with Crippen LogP contribution in [0.4, 0.5) is 18.3 Å². The van der Waals surface area contributed by atoms with Crippen molar-refractivity contribution in [3.8, 4) is 0 Å². The molecule has 1 fully saturated rings. The second kappa shape index (κ2) is 9.31. The van der Waals surface area contributed by atoms with Gasteiger partial charge in [0.2, 0.25) is 0 Å². The van der Waals surface area contributed by atoms with Gasteiger partial charge in [-0.1, -0.05) is 11.2 Å². The highest BCUT2D eigenvalue weighted by molar-refractivity contribution is 8.00. The van der Waals surface area contributed by atoms with Crippen molar-refractivity contribution >= 4 is 69.1 Å². The molecule has 11 nitrogen and oxygen atoms in total. The topological polar surface area (TPSA) is 171 Å². The van der Waals surface area contributed by atoms with E-state index >= 15 is 0 Å². The number of amides is 2. The number of nitrogens with one attached hydrogen (secondary N) is 1. The first kappa shape index (κ1) is 24.7. The summed E-state index contributed by atoms with van der Waals surface area (Å²) in [5.74, 6) is -2.93. The summed E-state index contributed by atoms with van der Waals surface area (Å²) < 4.78 is 38.2. The monoisotopic (exact) mass is 546 g/mol. The van der Waals surface area contributed by atoms with Crippen molar-refractivity contribution < 1.29 is 37.9 Å². The molecule has 4 rings (SSSR count). The van der Waals surface area contributed by atoms with Gasteiger partial charge >= 0.3 is 12.1 Å². The van der Waals surface area contributed by atoms with Gasteiger partial charge < -0.3 is 21.4 Å². The number of carbonyl (C=O) groups is 3. The molecule has 35 heavy (non-hydrogen) atoms. The van der Waals surface area contributed by atoms with Crippen LogP contribution in [0.2, 0.25) is 0 Å². The smallest absolute Gasteiger partial charge is 0.443 e. The maximum Gasteiger partial charge on any atom is 0.443 e. The van der Waals surface area contributed by atoms with Gasteiger partial charge in [0.15, 0.2) is 15.9 Å². The number of hydrogen-bond donors (Lipinski definition) is 4. The van der Waals surface area contributed by atoms with Gasteiger partial charge in [-0.3, -0.25) is 14.5 Å². The van der Waals surface area contributed by atoms with Crippen LogP contribution in [0.25, 0.3) is 6.08 Å². The van der Waals surface area contributed by atoms with E-state index in [9.17, 15) is 37.9 Å². The molecule has 1 saturated heterocycles. The van der Waals surface area contributed by atoms with Gasteiger partial charge in [-0.15, -0.1) is 34.4 Å². The minimum absolute atomic E-state index is 0.00252. The number of carboxylic acids is 1. The first-order chi connectivity index (χ1) is 16.5. The SMILES string of the molecule is Nc1nc(C(=NO)C(=O)NC2C(=O)N3C(C(=O)O)=C(C=Cc4cnc(C(F)(F)F)s4)CS[C@H]23)cs1. The highest BCUT2D eigenvalue weighted by Gasteiger charge is 2.54. The number of fused-ring (bicyclic) bond motifs is 1. The molecule has 2 amide bonds. The second-order valence-corrected chi connectivity index (χ2v) is 10.0. The van der Waals surface area contributed by atoms with E-state index in [0.29, 0.717) is 11.3 Å². The van der Waals surface area contributed by atoms with E-state index in [0.717, 1.165) is 34.2 Å². The number of nitrogens with two attached hydrogens (primary N) is 1. The summed E-state index contributed by atoms with van der Waals surface area (Å²) >= 11 is 2.55. The van der Waals surface area contributed by atoms with Crippen molar-refractivity contribution in [3.05, 3.63) is 44.5 Å². The third kappa shape index (κ3) is 4.73. The van der Waals surface area contributed by atoms with Gasteiger partial charge in [-0.2, -0.15) is 13.2 Å². The number of alkyl halides is 3. The van der Waals surface area contributed by atoms with Crippen LogP contribution >= 0.6 is 34.4 Å². The molecule has 0 aromatic carbocycles. The molecule has 5 N–H and O–H groups in total. The fourth-order valence-electron chi connectivity index (χ4n) is 3.27. The molecule has 184 valence electrons. The van der Waals surface area contributed by atoms with Gasteiger partial charge in [0, 0.05) is 22.2 Å². The highest BCUT2D eigenvalue weighted by Crippen LogP contribution is 2.41. The van der Waals surface area contributed by atoms with Crippen LogP contribution < -0.4 is 11.1 Å². The Balaban J connectivity index is 1.51. The van der Waals surface area contributed by atoms with Gasteiger partial charge in [-0.25, -0.2) is 14.8 Å². The van der Waals surface area contributed by atoms with Crippen LogP contribution in [0, 0.1) is 0 Å². The van der Waals surface area contributed by atoms with Crippen molar-refractivity contribution in [3.63, 3.8) is 0 Å². The minimum Gasteiger partial charge on any atom is -0.477 e. The molecule has 2 aromatic rings. The van der Waals surface area contributed by atoms with Crippen LogP contribution in [0.1, 0.15) is 15.6 Å². The van der Waals surface area contributed by atoms with E-state index in [2.05, 4.69) is 20.4 Å². The summed E-state index contributed by atoms with van der Waals surface area (Å²) in [6.45, 7) is 0. The van der Waals surface area contributed by atoms with Crippen LogP contribution in [-0.2, 0) is 20.6 Å². The Labute approximate surface area is 205 Å². The van der Waals surface area contributed by atoms with E-state index in [1.54, 1.807) is 0 Å². The molecule has 2 aromatic heterocycles. The Hall–Kier alpha value is -3.44. The zero-order valence-electron chi connectivity index (χ0n) is 17.0. The number of halogens is 3. The second-order valence-electron chi connectivity index (χ2n) is 6.96. The molecule has 0 aliphatic carbocycles. The molecule has 2 aliphatic rings. The average molecular weight is 547 g/mol. The number of aliphatic carboxylic acids is 1. The molecule has 0 spiro atoms. The maximum atomic E-state index is 12.7. The van der Waals surface area contributed by atoms with Crippen LogP contribution in [0.5, 0.6) is 0 Å². The van der Waals surface area contributed by atoms with Gasteiger partial charge in [-0.05, 0) is 11.6 Å². The minimum atomic E-state index is -4.59. The number of anilines is 1. The molecule has 2 atom stereocenters. The van der Waals surface area contributed by atoms with E-state index in [1.807, 2.05) is 0 Å². The van der Waals surface area contributed by atoms with Crippen LogP contribution in [0.3, 0.4) is 0 Å². The number of thiazole rings is 2. The van der Waals surface area contributed by atoms with Crippen LogP contribution in [-0.4, -0.2) is 65.8 Å². The third-order valence-corrected chi connectivity index (χ3v) is 7.76. The quantitative estimate of drug-likeness (QED) is 0.183. The predicted molar refractivity (Wildman–Crippen MR) is 121 cm³/mol. The number of nitrogens with zero attached hydrogens (tertiary/aromatic N) is 4. The number of rotatable bonds is 6. The molecule has 1 unspecified atom stereocenters. The first-order valence-corrected chi connectivity index (χ1v) is 12.1. The van der Waals surface area contributed by atoms with Crippen molar-refractivity contribution in [1.29, 1.82) is 0 Å². The Kier molecular flexibility index (Phi) is 6.56. The highest BCUT2D eigenvalue weighted by atomic mass is 32.2. The summed E-state index contributed by atoms with van der Waals surface area (Å²) in [6, 6.07) is -1.10. The normalized spacial score (nSPS) is 20.7. The number of carbonyl (C=O) groups excluding carboxylic acids is 2. The molecule has 0 radical (unpaired) electrons. The van der Waals surface area contributed by atoms with Gasteiger partial charge in [0.25, 0.3) is 11.8 Å². The lowest BCUT2D eigenvalue weighted by Gasteiger charge is -2.49. The Bertz CT molecular complexity index is 1300. The van der Waals surface area contributed by atoms with Crippen molar-refractivity contribution in [2.24, 2.45) is 5.16 Å². The molecular formula is C18H13F3N6O5S3. The van der Waals surface area contributed by atoms with E-state index in [1.165, 1.54) is 17.5 Å². The Morgan fingerprint density at radius 3 is 2.66 bits per heavy atom. The van der Waals surface area contributed by atoms with Crippen molar-refractivity contribution in [2.45, 2.75) is 17.6 Å². The summed E-state index contributed by atoms with van der Waals surface area (Å²) in [7, 11) is 0. The lowest BCUT2D eigenvalue weighted by molar-refractivity contribution is -0.150. The molecule has 4 heterocycles. The number of β-lactam (4-membered cyclic amide) rings is 1. The Morgan fingerprint density at radius 1 is 1.34 bits per heavy atom. The molecule has 2 aliphatic heterocycles. The first-order valence-electron chi connectivity index (χ1n) is 9.37. The van der Waals surface area contributed by atoms with Crippen LogP contribution in [0.15, 0.2) is 34.1 Å². The lowest BCUT2D eigenvalue weighted by atomic mass is 10.0. The fourth-order valence-corrected chi connectivity index (χ4v) is 5.82. The summed E-state index contributed by atoms with van der Waals surface area (Å²) in [5, 5.41) is 23.9. The number of aromatic nitrogens is 2. The fraction of sp³-hybridized carbons (Fsp3) is 0.222. The zero-order valence-corrected chi connectivity index (χ0v) is 19.5. The molecular weight excluding hydrogens is 533 g/mol. The third-order valence-electron chi connectivity index (χ3n) is 4.78. The zero-order chi connectivity index (χ0) is 25.5. The average Bonchev–Trinajstić information content (AvgIpc) is 3.45. The largest absolute Gasteiger partial charge is 0.477 e. The Morgan fingerprint density at radius 2 is 2.09 bits per heavy atom. The number of nitrogen functional groups attached to an aromatic ring is 1. The summed E-state index contributed by atoms with van der Waals surface area (Å²) in [6.07, 6.45) is -0.964. The molecule has 0 saturated carbocycles. The number of thioether (sulfide) groups is 1. The van der Waals surface area contributed by atoms with Crippen molar-refractivity contribution in [1.82, 2.24) is 20.2 Å². The molecule has 0 bridgehead atoms.